The van der Waals surface area contributed by atoms with Crippen LogP contribution in [0.4, 0.5) is 18.9 Å². The topological polar surface area (TPSA) is 54.9 Å². The average molecular weight is 349 g/mol. The number of pyridine rings is 1. The highest BCUT2D eigenvalue weighted by molar-refractivity contribution is 7.13. The molecule has 2 aromatic heterocycles. The molecule has 0 saturated heterocycles. The number of nitrogens with one attached hydrogen (secondary N) is 1. The number of rotatable bonds is 3. The first-order valence-corrected chi connectivity index (χ1v) is 7.66. The van der Waals surface area contributed by atoms with Gasteiger partial charge in [0.25, 0.3) is 5.91 Å². The minimum absolute atomic E-state index is 0.0609. The van der Waals surface area contributed by atoms with Crippen molar-refractivity contribution in [2.75, 3.05) is 5.32 Å². The lowest BCUT2D eigenvalue weighted by Crippen LogP contribution is -2.13. The first kappa shape index (κ1) is 16.1. The monoisotopic (exact) mass is 349 g/mol. The zero-order valence-corrected chi connectivity index (χ0v) is 12.9. The molecule has 2 heterocycles. The summed E-state index contributed by atoms with van der Waals surface area (Å²) in [7, 11) is 0. The number of hydrogen-bond acceptors (Lipinski definition) is 4. The Morgan fingerprint density at radius 2 is 2.00 bits per heavy atom. The first-order chi connectivity index (χ1) is 11.4. The van der Waals surface area contributed by atoms with Crippen LogP contribution in [-0.2, 0) is 6.18 Å². The molecule has 0 aliphatic carbocycles. The third-order valence-electron chi connectivity index (χ3n) is 3.09. The Kier molecular flexibility index (Phi) is 4.30. The fourth-order valence-electron chi connectivity index (χ4n) is 1.97. The molecular weight excluding hydrogens is 339 g/mol. The number of nitrogens with zero attached hydrogens (tertiary/aromatic N) is 2. The van der Waals surface area contributed by atoms with Crippen molar-refractivity contribution in [2.45, 2.75) is 6.18 Å². The standard InChI is InChI=1S/C16H10F3N3OS/c17-16(18,19)11-4-1-5-12(7-11)21-14(23)13-9-24-15(22-13)10-3-2-6-20-8-10/h1-9H,(H,21,23). The Morgan fingerprint density at radius 3 is 2.71 bits per heavy atom. The van der Waals surface area contributed by atoms with Crippen LogP contribution in [0.1, 0.15) is 16.1 Å². The molecule has 1 amide bonds. The molecule has 0 spiro atoms. The van der Waals surface area contributed by atoms with Crippen LogP contribution in [-0.4, -0.2) is 15.9 Å². The van der Waals surface area contributed by atoms with Crippen molar-refractivity contribution in [2.24, 2.45) is 0 Å². The molecule has 4 nitrogen and oxygen atoms in total. The molecule has 8 heteroatoms. The Hall–Kier alpha value is -2.74. The molecule has 0 aliphatic rings. The zero-order chi connectivity index (χ0) is 17.2. The molecule has 0 unspecified atom stereocenters. The highest BCUT2D eigenvalue weighted by Gasteiger charge is 2.30. The van der Waals surface area contributed by atoms with E-state index < -0.39 is 17.6 Å². The van der Waals surface area contributed by atoms with Crippen molar-refractivity contribution in [1.82, 2.24) is 9.97 Å². The van der Waals surface area contributed by atoms with Crippen LogP contribution in [0.2, 0.25) is 0 Å². The maximum atomic E-state index is 12.7. The highest BCUT2D eigenvalue weighted by Crippen LogP contribution is 2.31. The summed E-state index contributed by atoms with van der Waals surface area (Å²) in [6.07, 6.45) is -1.22. The Bertz CT molecular complexity index is 862. The fourth-order valence-corrected chi connectivity index (χ4v) is 2.76. The van der Waals surface area contributed by atoms with Crippen molar-refractivity contribution in [3.05, 3.63) is 65.4 Å². The number of carbonyl (C=O) groups is 1. The second-order valence-electron chi connectivity index (χ2n) is 4.81. The van der Waals surface area contributed by atoms with Gasteiger partial charge in [-0.25, -0.2) is 4.98 Å². The predicted molar refractivity (Wildman–Crippen MR) is 84.7 cm³/mol. The van der Waals surface area contributed by atoms with Gasteiger partial charge in [-0.3, -0.25) is 9.78 Å². The lowest BCUT2D eigenvalue weighted by atomic mass is 10.2. The minimum atomic E-state index is -4.46. The Morgan fingerprint density at radius 1 is 1.17 bits per heavy atom. The number of hydrogen-bond donors (Lipinski definition) is 1. The van der Waals surface area contributed by atoms with Crippen LogP contribution in [0.5, 0.6) is 0 Å². The van der Waals surface area contributed by atoms with Crippen LogP contribution < -0.4 is 5.32 Å². The molecular formula is C16H10F3N3OS. The normalized spacial score (nSPS) is 11.3. The number of carbonyl (C=O) groups excluding carboxylic acids is 1. The van der Waals surface area contributed by atoms with E-state index in [1.807, 2.05) is 0 Å². The maximum Gasteiger partial charge on any atom is 0.416 e. The maximum absolute atomic E-state index is 12.7. The number of anilines is 1. The molecule has 3 aromatic rings. The van der Waals surface area contributed by atoms with Gasteiger partial charge in [-0.05, 0) is 30.3 Å². The van der Waals surface area contributed by atoms with Crippen LogP contribution in [0.3, 0.4) is 0 Å². The number of halogens is 3. The second kappa shape index (κ2) is 6.40. The van der Waals surface area contributed by atoms with E-state index >= 15 is 0 Å². The molecule has 3 rings (SSSR count). The third-order valence-corrected chi connectivity index (χ3v) is 3.98. The second-order valence-corrected chi connectivity index (χ2v) is 5.67. The van der Waals surface area contributed by atoms with Crippen LogP contribution >= 0.6 is 11.3 Å². The lowest BCUT2D eigenvalue weighted by Gasteiger charge is -2.09. The van der Waals surface area contributed by atoms with E-state index in [-0.39, 0.29) is 11.4 Å². The molecule has 0 aliphatic heterocycles. The summed E-state index contributed by atoms with van der Waals surface area (Å²) >= 11 is 1.26. The molecule has 1 N–H and O–H groups in total. The summed E-state index contributed by atoms with van der Waals surface area (Å²) in [6, 6.07) is 8.01. The van der Waals surface area contributed by atoms with E-state index in [1.54, 1.807) is 29.9 Å². The van der Waals surface area contributed by atoms with Gasteiger partial charge in [0.15, 0.2) is 0 Å². The zero-order valence-electron chi connectivity index (χ0n) is 12.0. The van der Waals surface area contributed by atoms with Gasteiger partial charge in [0, 0.05) is 29.0 Å². The highest BCUT2D eigenvalue weighted by atomic mass is 32.1. The van der Waals surface area contributed by atoms with E-state index in [0.29, 0.717) is 5.01 Å². The van der Waals surface area contributed by atoms with E-state index in [0.717, 1.165) is 17.7 Å². The fraction of sp³-hybridized carbons (Fsp3) is 0.0625. The number of amides is 1. The van der Waals surface area contributed by atoms with Gasteiger partial charge in [0.2, 0.25) is 0 Å². The number of thiazole rings is 1. The van der Waals surface area contributed by atoms with E-state index in [9.17, 15) is 18.0 Å². The van der Waals surface area contributed by atoms with Crippen LogP contribution in [0.15, 0.2) is 54.2 Å². The number of aromatic nitrogens is 2. The molecule has 1 aromatic carbocycles. The molecule has 24 heavy (non-hydrogen) atoms. The van der Waals surface area contributed by atoms with Gasteiger partial charge in [0.1, 0.15) is 10.7 Å². The van der Waals surface area contributed by atoms with Gasteiger partial charge in [-0.15, -0.1) is 11.3 Å². The van der Waals surface area contributed by atoms with Gasteiger partial charge in [-0.2, -0.15) is 13.2 Å². The molecule has 0 bridgehead atoms. The summed E-state index contributed by atoms with van der Waals surface area (Å²) in [5.41, 5.74) is 0.136. The van der Waals surface area contributed by atoms with E-state index in [1.165, 1.54) is 23.5 Å². The molecule has 0 fully saturated rings. The van der Waals surface area contributed by atoms with Gasteiger partial charge < -0.3 is 5.32 Å². The van der Waals surface area contributed by atoms with Crippen molar-refractivity contribution in [3.8, 4) is 10.6 Å². The van der Waals surface area contributed by atoms with E-state index in [4.69, 9.17) is 0 Å². The van der Waals surface area contributed by atoms with Crippen molar-refractivity contribution in [1.29, 1.82) is 0 Å². The van der Waals surface area contributed by atoms with E-state index in [2.05, 4.69) is 15.3 Å². The molecule has 0 saturated carbocycles. The SMILES string of the molecule is O=C(Nc1cccc(C(F)(F)F)c1)c1csc(-c2cccnc2)n1. The molecule has 122 valence electrons. The minimum Gasteiger partial charge on any atom is -0.321 e. The molecule has 0 atom stereocenters. The Labute approximate surface area is 139 Å². The Balaban J connectivity index is 1.78. The summed E-state index contributed by atoms with van der Waals surface area (Å²) in [6.45, 7) is 0. The van der Waals surface area contributed by atoms with Crippen LogP contribution in [0, 0.1) is 0 Å². The van der Waals surface area contributed by atoms with Crippen molar-refractivity contribution >= 4 is 22.9 Å². The third kappa shape index (κ3) is 3.60. The lowest BCUT2D eigenvalue weighted by molar-refractivity contribution is -0.137. The largest absolute Gasteiger partial charge is 0.416 e. The van der Waals surface area contributed by atoms with Gasteiger partial charge >= 0.3 is 6.18 Å². The first-order valence-electron chi connectivity index (χ1n) is 6.78. The number of alkyl halides is 3. The summed E-state index contributed by atoms with van der Waals surface area (Å²) in [5.74, 6) is -0.569. The summed E-state index contributed by atoms with van der Waals surface area (Å²) < 4.78 is 38.1. The number of benzene rings is 1. The summed E-state index contributed by atoms with van der Waals surface area (Å²) in [5, 5.41) is 4.58. The van der Waals surface area contributed by atoms with Crippen molar-refractivity contribution in [3.63, 3.8) is 0 Å². The quantitative estimate of drug-likeness (QED) is 0.759. The molecule has 0 radical (unpaired) electrons. The summed E-state index contributed by atoms with van der Waals surface area (Å²) in [4.78, 5) is 20.3. The van der Waals surface area contributed by atoms with Gasteiger partial charge in [0.05, 0.1) is 5.56 Å². The smallest absolute Gasteiger partial charge is 0.321 e. The van der Waals surface area contributed by atoms with Crippen molar-refractivity contribution < 1.29 is 18.0 Å². The van der Waals surface area contributed by atoms with Gasteiger partial charge in [-0.1, -0.05) is 6.07 Å². The van der Waals surface area contributed by atoms with Crippen LogP contribution in [0.25, 0.3) is 10.6 Å². The average Bonchev–Trinajstić information content (AvgIpc) is 3.05. The predicted octanol–water partition coefficient (Wildman–Crippen LogP) is 4.48.